The van der Waals surface area contributed by atoms with Crippen molar-refractivity contribution in [2.24, 2.45) is 11.1 Å². The van der Waals surface area contributed by atoms with Gasteiger partial charge in [-0.05, 0) is 18.3 Å². The summed E-state index contributed by atoms with van der Waals surface area (Å²) in [5.41, 5.74) is 6.00. The Hall–Kier alpha value is 0.110. The first kappa shape index (κ1) is 13.1. The zero-order valence-electron chi connectivity index (χ0n) is 9.30. The Balaban J connectivity index is 3.64. The molecule has 2 unspecified atom stereocenters. The van der Waals surface area contributed by atoms with Crippen molar-refractivity contribution in [1.82, 2.24) is 0 Å². The topological polar surface area (TPSA) is 43.1 Å². The van der Waals surface area contributed by atoms with Crippen LogP contribution in [0.15, 0.2) is 0 Å². The van der Waals surface area contributed by atoms with E-state index in [1.807, 2.05) is 6.92 Å². The minimum absolute atomic E-state index is 0.112. The predicted octanol–water partition coefficient (Wildman–Crippen LogP) is 1.91. The fraction of sp³-hybridized carbons (Fsp3) is 1.00. The Kier molecular flexibility index (Phi) is 5.81. The van der Waals surface area contributed by atoms with Gasteiger partial charge in [0.2, 0.25) is 0 Å². The van der Waals surface area contributed by atoms with Crippen LogP contribution in [-0.4, -0.2) is 21.8 Å². The van der Waals surface area contributed by atoms with Crippen LogP contribution in [0.4, 0.5) is 0 Å². The Morgan fingerprint density at radius 2 is 1.92 bits per heavy atom. The second kappa shape index (κ2) is 5.76. The lowest BCUT2D eigenvalue weighted by atomic mass is 9.94. The van der Waals surface area contributed by atoms with E-state index in [1.54, 1.807) is 0 Å². The van der Waals surface area contributed by atoms with Gasteiger partial charge in [0, 0.05) is 28.3 Å². The zero-order chi connectivity index (χ0) is 10.5. The summed E-state index contributed by atoms with van der Waals surface area (Å²) >= 11 is 0. The Labute approximate surface area is 84.7 Å². The molecule has 0 fully saturated rings. The highest BCUT2D eigenvalue weighted by atomic mass is 32.2. The molecule has 0 heterocycles. The summed E-state index contributed by atoms with van der Waals surface area (Å²) in [5.74, 6) is 1.45. The number of hydrogen-bond acceptors (Lipinski definition) is 2. The maximum absolute atomic E-state index is 11.5. The molecule has 0 aromatic heterocycles. The van der Waals surface area contributed by atoms with Crippen molar-refractivity contribution in [1.29, 1.82) is 0 Å². The van der Waals surface area contributed by atoms with Gasteiger partial charge in [-0.1, -0.05) is 27.7 Å². The molecular formula is C10H23NOS. The van der Waals surface area contributed by atoms with Crippen LogP contribution in [-0.2, 0) is 10.8 Å². The van der Waals surface area contributed by atoms with E-state index in [-0.39, 0.29) is 11.5 Å². The largest absolute Gasteiger partial charge is 0.327 e. The van der Waals surface area contributed by atoms with Gasteiger partial charge < -0.3 is 5.73 Å². The molecule has 0 spiro atoms. The summed E-state index contributed by atoms with van der Waals surface area (Å²) in [4.78, 5) is 0. The van der Waals surface area contributed by atoms with E-state index in [9.17, 15) is 4.21 Å². The number of hydrogen-bond donors (Lipinski definition) is 1. The van der Waals surface area contributed by atoms with Crippen molar-refractivity contribution in [2.75, 3.05) is 11.5 Å². The highest BCUT2D eigenvalue weighted by Crippen LogP contribution is 2.18. The van der Waals surface area contributed by atoms with E-state index in [2.05, 4.69) is 20.8 Å². The third-order valence-electron chi connectivity index (χ3n) is 2.00. The molecule has 13 heavy (non-hydrogen) atoms. The van der Waals surface area contributed by atoms with E-state index in [0.29, 0.717) is 5.75 Å². The van der Waals surface area contributed by atoms with Crippen LogP contribution in [0.25, 0.3) is 0 Å². The maximum Gasteiger partial charge on any atom is 0.0386 e. The summed E-state index contributed by atoms with van der Waals surface area (Å²) < 4.78 is 11.5. The van der Waals surface area contributed by atoms with Crippen LogP contribution >= 0.6 is 0 Å². The number of rotatable bonds is 5. The lowest BCUT2D eigenvalue weighted by molar-refractivity contribution is 0.399. The first-order valence-electron chi connectivity index (χ1n) is 4.95. The molecule has 2 atom stereocenters. The quantitative estimate of drug-likeness (QED) is 0.745. The monoisotopic (exact) mass is 205 g/mol. The molecule has 0 aromatic rings. The van der Waals surface area contributed by atoms with E-state index < -0.39 is 10.8 Å². The van der Waals surface area contributed by atoms with E-state index in [4.69, 9.17) is 5.73 Å². The van der Waals surface area contributed by atoms with Crippen LogP contribution in [0.3, 0.4) is 0 Å². The van der Waals surface area contributed by atoms with Crippen LogP contribution in [0.5, 0.6) is 0 Å². The van der Waals surface area contributed by atoms with Gasteiger partial charge in [-0.25, -0.2) is 0 Å². The average molecular weight is 205 g/mol. The summed E-state index contributed by atoms with van der Waals surface area (Å²) in [6.07, 6.45) is 1.93. The average Bonchev–Trinajstić information content (AvgIpc) is 1.99. The maximum atomic E-state index is 11.5. The van der Waals surface area contributed by atoms with Gasteiger partial charge in [0.15, 0.2) is 0 Å². The SMILES string of the molecule is CCC(N)CS(=O)CCC(C)(C)C. The van der Waals surface area contributed by atoms with Crippen molar-refractivity contribution in [2.45, 2.75) is 46.6 Å². The van der Waals surface area contributed by atoms with Gasteiger partial charge >= 0.3 is 0 Å². The summed E-state index contributed by atoms with van der Waals surface area (Å²) in [5, 5.41) is 0. The van der Waals surface area contributed by atoms with Gasteiger partial charge in [-0.2, -0.15) is 0 Å². The molecule has 0 aliphatic carbocycles. The molecule has 0 aliphatic heterocycles. The van der Waals surface area contributed by atoms with Crippen molar-refractivity contribution in [3.05, 3.63) is 0 Å². The fourth-order valence-corrected chi connectivity index (χ4v) is 2.58. The van der Waals surface area contributed by atoms with Crippen LogP contribution in [0.2, 0.25) is 0 Å². The molecule has 0 radical (unpaired) electrons. The van der Waals surface area contributed by atoms with Gasteiger partial charge in [0.25, 0.3) is 0 Å². The third-order valence-corrected chi connectivity index (χ3v) is 3.46. The molecule has 0 aliphatic rings. The van der Waals surface area contributed by atoms with Crippen molar-refractivity contribution >= 4 is 10.8 Å². The highest BCUT2D eigenvalue weighted by Gasteiger charge is 2.13. The Morgan fingerprint density at radius 1 is 1.38 bits per heavy atom. The van der Waals surface area contributed by atoms with E-state index >= 15 is 0 Å². The third kappa shape index (κ3) is 8.44. The lowest BCUT2D eigenvalue weighted by Crippen LogP contribution is -2.27. The highest BCUT2D eigenvalue weighted by molar-refractivity contribution is 7.85. The van der Waals surface area contributed by atoms with Crippen LogP contribution in [0, 0.1) is 5.41 Å². The van der Waals surface area contributed by atoms with Crippen molar-refractivity contribution in [3.8, 4) is 0 Å². The van der Waals surface area contributed by atoms with Gasteiger partial charge in [-0.3, -0.25) is 4.21 Å². The molecule has 80 valence electrons. The smallest absolute Gasteiger partial charge is 0.0386 e. The van der Waals surface area contributed by atoms with Crippen LogP contribution < -0.4 is 5.73 Å². The second-order valence-electron chi connectivity index (χ2n) is 4.79. The first-order chi connectivity index (χ1) is 5.85. The molecule has 0 rings (SSSR count). The molecule has 0 saturated carbocycles. The lowest BCUT2D eigenvalue weighted by Gasteiger charge is -2.18. The molecule has 0 amide bonds. The predicted molar refractivity (Wildman–Crippen MR) is 60.2 cm³/mol. The molecular weight excluding hydrogens is 182 g/mol. The Bertz CT molecular complexity index is 163. The molecule has 0 aromatic carbocycles. The van der Waals surface area contributed by atoms with E-state index in [0.717, 1.165) is 18.6 Å². The normalized spacial score (nSPS) is 17.0. The summed E-state index contributed by atoms with van der Waals surface area (Å²) in [6, 6.07) is 0.112. The summed E-state index contributed by atoms with van der Waals surface area (Å²) in [6.45, 7) is 8.55. The van der Waals surface area contributed by atoms with E-state index in [1.165, 1.54) is 0 Å². The van der Waals surface area contributed by atoms with Crippen LogP contribution in [0.1, 0.15) is 40.5 Å². The molecule has 3 heteroatoms. The van der Waals surface area contributed by atoms with Gasteiger partial charge in [-0.15, -0.1) is 0 Å². The minimum Gasteiger partial charge on any atom is -0.327 e. The molecule has 0 bridgehead atoms. The molecule has 2 nitrogen and oxygen atoms in total. The van der Waals surface area contributed by atoms with Crippen molar-refractivity contribution in [3.63, 3.8) is 0 Å². The Morgan fingerprint density at radius 3 is 2.31 bits per heavy atom. The van der Waals surface area contributed by atoms with Crippen molar-refractivity contribution < 1.29 is 4.21 Å². The second-order valence-corrected chi connectivity index (χ2v) is 6.41. The first-order valence-corrected chi connectivity index (χ1v) is 6.44. The zero-order valence-corrected chi connectivity index (χ0v) is 10.1. The standard InChI is InChI=1S/C10H23NOS/c1-5-9(11)8-13(12)7-6-10(2,3)4/h9H,5-8,11H2,1-4H3. The van der Waals surface area contributed by atoms with Gasteiger partial charge in [0.05, 0.1) is 0 Å². The minimum atomic E-state index is -0.721. The molecule has 2 N–H and O–H groups in total. The fourth-order valence-electron chi connectivity index (χ4n) is 0.860. The van der Waals surface area contributed by atoms with Gasteiger partial charge in [0.1, 0.15) is 0 Å². The molecule has 0 saturated heterocycles. The number of nitrogens with two attached hydrogens (primary N) is 1. The summed E-state index contributed by atoms with van der Waals surface area (Å²) in [7, 11) is -0.721.